The van der Waals surface area contributed by atoms with E-state index in [1.807, 2.05) is 12.3 Å². The van der Waals surface area contributed by atoms with Crippen molar-refractivity contribution in [2.24, 2.45) is 0 Å². The summed E-state index contributed by atoms with van der Waals surface area (Å²) in [6.45, 7) is 5.03. The molecular weight excluding hydrogens is 252 g/mol. The Bertz CT molecular complexity index is 484. The number of anilines is 1. The first-order valence-electron chi connectivity index (χ1n) is 5.44. The topological polar surface area (TPSA) is 50.7 Å². The molecule has 0 atom stereocenters. The van der Waals surface area contributed by atoms with Crippen molar-refractivity contribution in [2.75, 3.05) is 11.9 Å². The lowest BCUT2D eigenvalue weighted by atomic mass is 10.5. The van der Waals surface area contributed by atoms with E-state index in [0.29, 0.717) is 0 Å². The summed E-state index contributed by atoms with van der Waals surface area (Å²) in [4.78, 5) is 13.0. The summed E-state index contributed by atoms with van der Waals surface area (Å²) >= 11 is 3.18. The number of nitrogens with one attached hydrogen (secondary N) is 1. The van der Waals surface area contributed by atoms with Gasteiger partial charge < -0.3 is 5.32 Å². The molecule has 2 rings (SSSR count). The Kier molecular flexibility index (Phi) is 4.33. The summed E-state index contributed by atoms with van der Waals surface area (Å²) in [7, 11) is 0. The summed E-state index contributed by atoms with van der Waals surface area (Å²) in [5.74, 6) is 0.824. The number of hydrogen-bond donors (Lipinski definition) is 1. The van der Waals surface area contributed by atoms with E-state index in [2.05, 4.69) is 27.2 Å². The van der Waals surface area contributed by atoms with E-state index in [-0.39, 0.29) is 0 Å². The molecule has 90 valence electrons. The van der Waals surface area contributed by atoms with Gasteiger partial charge in [0.2, 0.25) is 0 Å². The lowest BCUT2D eigenvalue weighted by molar-refractivity contribution is 0.948. The average Bonchev–Trinajstić information content (AvgIpc) is 2.73. The van der Waals surface area contributed by atoms with Gasteiger partial charge in [0.1, 0.15) is 10.8 Å². The van der Waals surface area contributed by atoms with Crippen LogP contribution in [0.15, 0.2) is 27.1 Å². The number of aromatic nitrogens is 3. The summed E-state index contributed by atoms with van der Waals surface area (Å²) in [6.07, 6.45) is 4.58. The molecule has 0 unspecified atom stereocenters. The monoisotopic (exact) mass is 266 g/mol. The molecule has 0 bridgehead atoms. The minimum atomic E-state index is 0.824. The second-order valence-electron chi connectivity index (χ2n) is 3.53. The van der Waals surface area contributed by atoms with Gasteiger partial charge in [-0.1, -0.05) is 6.92 Å². The van der Waals surface area contributed by atoms with Gasteiger partial charge in [-0.2, -0.15) is 0 Å². The largest absolute Gasteiger partial charge is 0.369 e. The van der Waals surface area contributed by atoms with Crippen LogP contribution in [0.2, 0.25) is 0 Å². The number of thiazole rings is 1. The van der Waals surface area contributed by atoms with Crippen molar-refractivity contribution in [1.82, 2.24) is 15.0 Å². The Labute approximate surface area is 109 Å². The highest BCUT2D eigenvalue weighted by atomic mass is 32.2. The Hall–Kier alpha value is -1.14. The second-order valence-corrected chi connectivity index (χ2v) is 5.65. The van der Waals surface area contributed by atoms with Crippen LogP contribution in [0.5, 0.6) is 0 Å². The molecule has 0 aliphatic heterocycles. The summed E-state index contributed by atoms with van der Waals surface area (Å²) in [5.41, 5.74) is 1.05. The van der Waals surface area contributed by atoms with Gasteiger partial charge in [0.15, 0.2) is 4.34 Å². The molecule has 0 aliphatic carbocycles. The maximum atomic E-state index is 4.47. The fourth-order valence-corrected chi connectivity index (χ4v) is 2.94. The van der Waals surface area contributed by atoms with Crippen LogP contribution >= 0.6 is 23.1 Å². The van der Waals surface area contributed by atoms with Crippen LogP contribution < -0.4 is 5.32 Å². The summed E-state index contributed by atoms with van der Waals surface area (Å²) in [5, 5.41) is 6.13. The highest BCUT2D eigenvalue weighted by Gasteiger charge is 2.04. The third-order valence-electron chi connectivity index (χ3n) is 1.96. The van der Waals surface area contributed by atoms with Crippen LogP contribution in [0.1, 0.15) is 19.0 Å². The molecule has 17 heavy (non-hydrogen) atoms. The molecule has 0 aliphatic rings. The van der Waals surface area contributed by atoms with Gasteiger partial charge in [0.25, 0.3) is 0 Å². The molecule has 6 heteroatoms. The van der Waals surface area contributed by atoms with Crippen LogP contribution in [-0.2, 0) is 0 Å². The van der Waals surface area contributed by atoms with Gasteiger partial charge in [-0.05, 0) is 25.1 Å². The predicted octanol–water partition coefficient (Wildman–Crippen LogP) is 3.21. The zero-order chi connectivity index (χ0) is 12.1. The molecule has 2 aromatic rings. The Morgan fingerprint density at radius 3 is 2.94 bits per heavy atom. The Morgan fingerprint density at radius 2 is 2.24 bits per heavy atom. The number of rotatable bonds is 5. The first-order chi connectivity index (χ1) is 8.28. The Balaban J connectivity index is 2.05. The fraction of sp³-hybridized carbons (Fsp3) is 0.364. The molecule has 0 saturated carbocycles. The predicted molar refractivity (Wildman–Crippen MR) is 71.8 cm³/mol. The van der Waals surface area contributed by atoms with E-state index in [1.54, 1.807) is 35.5 Å². The Morgan fingerprint density at radius 1 is 1.35 bits per heavy atom. The molecule has 0 amide bonds. The van der Waals surface area contributed by atoms with E-state index in [9.17, 15) is 0 Å². The first kappa shape index (κ1) is 12.3. The van der Waals surface area contributed by atoms with Crippen molar-refractivity contribution in [3.05, 3.63) is 23.5 Å². The molecule has 2 aromatic heterocycles. The van der Waals surface area contributed by atoms with Crippen LogP contribution in [0.3, 0.4) is 0 Å². The number of nitrogens with zero attached hydrogens (tertiary/aromatic N) is 3. The van der Waals surface area contributed by atoms with Gasteiger partial charge in [-0.3, -0.25) is 4.98 Å². The maximum absolute atomic E-state index is 4.47. The molecular formula is C11H14N4S2. The van der Waals surface area contributed by atoms with E-state index < -0.39 is 0 Å². The van der Waals surface area contributed by atoms with E-state index in [0.717, 1.165) is 33.8 Å². The molecule has 0 aromatic carbocycles. The molecule has 1 N–H and O–H groups in total. The standard InChI is InChI=1S/C11H14N4S2/c1-3-4-13-9-5-12-6-10(15-9)17-11-14-8(2)7-16-11/h5-7H,3-4H2,1-2H3,(H,13,15). The number of aryl methyl sites for hydroxylation is 1. The third kappa shape index (κ3) is 3.67. The highest BCUT2D eigenvalue weighted by Crippen LogP contribution is 2.28. The lowest BCUT2D eigenvalue weighted by Crippen LogP contribution is -2.02. The SMILES string of the molecule is CCCNc1cncc(Sc2nc(C)cs2)n1. The van der Waals surface area contributed by atoms with Crippen molar-refractivity contribution in [3.8, 4) is 0 Å². The quantitative estimate of drug-likeness (QED) is 0.900. The van der Waals surface area contributed by atoms with Crippen molar-refractivity contribution in [1.29, 1.82) is 0 Å². The van der Waals surface area contributed by atoms with Crippen LogP contribution in [-0.4, -0.2) is 21.5 Å². The van der Waals surface area contributed by atoms with Crippen molar-refractivity contribution in [3.63, 3.8) is 0 Å². The second kappa shape index (κ2) is 5.97. The van der Waals surface area contributed by atoms with Gasteiger partial charge in [0, 0.05) is 17.6 Å². The lowest BCUT2D eigenvalue weighted by Gasteiger charge is -2.03. The summed E-state index contributed by atoms with van der Waals surface area (Å²) in [6, 6.07) is 0. The van der Waals surface area contributed by atoms with Gasteiger partial charge in [-0.25, -0.2) is 9.97 Å². The smallest absolute Gasteiger partial charge is 0.156 e. The first-order valence-corrected chi connectivity index (χ1v) is 7.13. The molecule has 4 nitrogen and oxygen atoms in total. The van der Waals surface area contributed by atoms with Crippen molar-refractivity contribution >= 4 is 28.9 Å². The zero-order valence-corrected chi connectivity index (χ0v) is 11.4. The molecule has 0 fully saturated rings. The number of hydrogen-bond acceptors (Lipinski definition) is 6. The van der Waals surface area contributed by atoms with E-state index in [1.165, 1.54) is 0 Å². The fourth-order valence-electron chi connectivity index (χ4n) is 1.20. The molecule has 0 spiro atoms. The maximum Gasteiger partial charge on any atom is 0.156 e. The third-order valence-corrected chi connectivity index (χ3v) is 3.92. The normalized spacial score (nSPS) is 10.5. The van der Waals surface area contributed by atoms with Gasteiger partial charge in [0.05, 0.1) is 12.4 Å². The van der Waals surface area contributed by atoms with Crippen LogP contribution in [0.25, 0.3) is 0 Å². The van der Waals surface area contributed by atoms with Gasteiger partial charge >= 0.3 is 0 Å². The van der Waals surface area contributed by atoms with Crippen molar-refractivity contribution in [2.45, 2.75) is 29.6 Å². The van der Waals surface area contributed by atoms with Gasteiger partial charge in [-0.15, -0.1) is 11.3 Å². The highest BCUT2D eigenvalue weighted by molar-refractivity contribution is 8.00. The van der Waals surface area contributed by atoms with Crippen LogP contribution in [0, 0.1) is 6.92 Å². The van der Waals surface area contributed by atoms with Crippen molar-refractivity contribution < 1.29 is 0 Å². The molecule has 0 saturated heterocycles. The summed E-state index contributed by atoms with van der Waals surface area (Å²) < 4.78 is 1.00. The van der Waals surface area contributed by atoms with E-state index >= 15 is 0 Å². The molecule has 2 heterocycles. The minimum absolute atomic E-state index is 0.824. The van der Waals surface area contributed by atoms with Crippen LogP contribution in [0.4, 0.5) is 5.82 Å². The average molecular weight is 266 g/mol. The minimum Gasteiger partial charge on any atom is -0.369 e. The zero-order valence-electron chi connectivity index (χ0n) is 9.80. The van der Waals surface area contributed by atoms with E-state index in [4.69, 9.17) is 0 Å². The molecule has 0 radical (unpaired) electrons.